The predicted octanol–water partition coefficient (Wildman–Crippen LogP) is 3.29. The van der Waals surface area contributed by atoms with Gasteiger partial charge in [-0.15, -0.1) is 0 Å². The standard InChI is InChI=1S/C19H23FN2O/c1-14-5-6-19(23-14)13-22-11-16-9-21(10-17(16)12-22)8-15-3-2-4-18(20)7-15/h2-7,16-17H,8-13H2,1H3/t16-,17-/m0/s1. The van der Waals surface area contributed by atoms with Gasteiger partial charge in [-0.05, 0) is 48.6 Å². The van der Waals surface area contributed by atoms with Crippen LogP contribution in [0.15, 0.2) is 40.8 Å². The number of fused-ring (bicyclic) bond motifs is 1. The second-order valence-electron chi connectivity index (χ2n) is 7.05. The smallest absolute Gasteiger partial charge is 0.123 e. The molecule has 0 aliphatic carbocycles. The number of likely N-dealkylation sites (tertiary alicyclic amines) is 2. The Hall–Kier alpha value is -1.65. The average Bonchev–Trinajstić information content (AvgIpc) is 3.14. The molecule has 1 aromatic carbocycles. The highest BCUT2D eigenvalue weighted by atomic mass is 19.1. The van der Waals surface area contributed by atoms with Crippen molar-refractivity contribution in [3.8, 4) is 0 Å². The lowest BCUT2D eigenvalue weighted by Crippen LogP contribution is -2.28. The van der Waals surface area contributed by atoms with Crippen molar-refractivity contribution in [2.24, 2.45) is 11.8 Å². The Morgan fingerprint density at radius 1 is 1.00 bits per heavy atom. The lowest BCUT2D eigenvalue weighted by atomic mass is 10.0. The van der Waals surface area contributed by atoms with Crippen molar-refractivity contribution in [2.45, 2.75) is 20.0 Å². The van der Waals surface area contributed by atoms with Gasteiger partial charge in [0.1, 0.15) is 17.3 Å². The molecule has 2 aliphatic rings. The highest BCUT2D eigenvalue weighted by molar-refractivity contribution is 5.16. The summed E-state index contributed by atoms with van der Waals surface area (Å²) >= 11 is 0. The zero-order valence-electron chi connectivity index (χ0n) is 13.5. The SMILES string of the molecule is Cc1ccc(CN2C[C@@H]3CN(Cc4cccc(F)c4)C[C@H]3C2)o1. The Morgan fingerprint density at radius 3 is 2.30 bits per heavy atom. The molecule has 0 saturated carbocycles. The summed E-state index contributed by atoms with van der Waals surface area (Å²) in [4.78, 5) is 4.98. The number of hydrogen-bond donors (Lipinski definition) is 0. The van der Waals surface area contributed by atoms with Gasteiger partial charge < -0.3 is 4.42 Å². The van der Waals surface area contributed by atoms with E-state index in [-0.39, 0.29) is 5.82 Å². The minimum Gasteiger partial charge on any atom is -0.465 e. The van der Waals surface area contributed by atoms with Crippen molar-refractivity contribution < 1.29 is 8.81 Å². The molecule has 0 N–H and O–H groups in total. The van der Waals surface area contributed by atoms with Crippen LogP contribution in [0, 0.1) is 24.6 Å². The van der Waals surface area contributed by atoms with Crippen molar-refractivity contribution in [1.82, 2.24) is 9.80 Å². The predicted molar refractivity (Wildman–Crippen MR) is 87.4 cm³/mol. The Morgan fingerprint density at radius 2 is 1.70 bits per heavy atom. The third-order valence-corrected chi connectivity index (χ3v) is 5.11. The Kier molecular flexibility index (Phi) is 3.95. The van der Waals surface area contributed by atoms with Crippen LogP contribution in [0.4, 0.5) is 4.39 Å². The fraction of sp³-hybridized carbons (Fsp3) is 0.474. The van der Waals surface area contributed by atoms with Gasteiger partial charge in [-0.1, -0.05) is 12.1 Å². The molecule has 2 atom stereocenters. The molecule has 4 rings (SSSR count). The molecule has 0 amide bonds. The highest BCUT2D eigenvalue weighted by Gasteiger charge is 2.39. The van der Waals surface area contributed by atoms with Crippen molar-refractivity contribution in [3.63, 3.8) is 0 Å². The number of benzene rings is 1. The summed E-state index contributed by atoms with van der Waals surface area (Å²) in [6.45, 7) is 8.30. The molecular formula is C19H23FN2O. The molecule has 0 spiro atoms. The molecule has 23 heavy (non-hydrogen) atoms. The van der Waals surface area contributed by atoms with Crippen LogP contribution in [0.3, 0.4) is 0 Å². The summed E-state index contributed by atoms with van der Waals surface area (Å²) in [5.41, 5.74) is 1.08. The first-order chi connectivity index (χ1) is 11.2. The summed E-state index contributed by atoms with van der Waals surface area (Å²) in [5.74, 6) is 3.39. The molecule has 122 valence electrons. The number of rotatable bonds is 4. The normalized spacial score (nSPS) is 25.1. The van der Waals surface area contributed by atoms with E-state index in [1.54, 1.807) is 12.1 Å². The minimum absolute atomic E-state index is 0.137. The van der Waals surface area contributed by atoms with Crippen LogP contribution in [-0.4, -0.2) is 36.0 Å². The van der Waals surface area contributed by atoms with Gasteiger partial charge in [-0.2, -0.15) is 0 Å². The van der Waals surface area contributed by atoms with E-state index >= 15 is 0 Å². The minimum atomic E-state index is -0.137. The molecule has 3 nitrogen and oxygen atoms in total. The topological polar surface area (TPSA) is 19.6 Å². The van der Waals surface area contributed by atoms with E-state index in [1.165, 1.54) is 6.07 Å². The fourth-order valence-corrected chi connectivity index (χ4v) is 4.13. The van der Waals surface area contributed by atoms with E-state index in [9.17, 15) is 4.39 Å². The maximum atomic E-state index is 13.3. The van der Waals surface area contributed by atoms with Gasteiger partial charge >= 0.3 is 0 Å². The van der Waals surface area contributed by atoms with Crippen LogP contribution in [0.5, 0.6) is 0 Å². The summed E-state index contributed by atoms with van der Waals surface area (Å²) < 4.78 is 19.0. The van der Waals surface area contributed by atoms with Crippen LogP contribution in [0.1, 0.15) is 17.1 Å². The van der Waals surface area contributed by atoms with E-state index < -0.39 is 0 Å². The summed E-state index contributed by atoms with van der Waals surface area (Å²) in [6, 6.07) is 11.1. The molecule has 1 aromatic heterocycles. The average molecular weight is 314 g/mol. The van der Waals surface area contributed by atoms with Gasteiger partial charge in [0.25, 0.3) is 0 Å². The van der Waals surface area contributed by atoms with E-state index in [1.807, 2.05) is 19.1 Å². The molecule has 0 unspecified atom stereocenters. The zero-order valence-corrected chi connectivity index (χ0v) is 13.5. The first-order valence-electron chi connectivity index (χ1n) is 8.40. The number of halogens is 1. The Labute approximate surface area is 136 Å². The largest absolute Gasteiger partial charge is 0.465 e. The molecule has 0 bridgehead atoms. The highest BCUT2D eigenvalue weighted by Crippen LogP contribution is 2.32. The molecule has 2 saturated heterocycles. The Bertz CT molecular complexity index is 670. The molecular weight excluding hydrogens is 291 g/mol. The molecule has 2 fully saturated rings. The second-order valence-corrected chi connectivity index (χ2v) is 7.05. The number of furan rings is 1. The molecule has 0 radical (unpaired) electrons. The molecule has 2 aromatic rings. The number of nitrogens with zero attached hydrogens (tertiary/aromatic N) is 2. The van der Waals surface area contributed by atoms with Crippen LogP contribution < -0.4 is 0 Å². The van der Waals surface area contributed by atoms with E-state index in [0.29, 0.717) is 0 Å². The van der Waals surface area contributed by atoms with Gasteiger partial charge in [0.2, 0.25) is 0 Å². The molecule has 4 heteroatoms. The zero-order chi connectivity index (χ0) is 15.8. The van der Waals surface area contributed by atoms with E-state index in [4.69, 9.17) is 4.42 Å². The van der Waals surface area contributed by atoms with E-state index in [0.717, 1.165) is 68.2 Å². The third kappa shape index (κ3) is 3.33. The first kappa shape index (κ1) is 14.9. The lowest BCUT2D eigenvalue weighted by molar-refractivity contribution is 0.234. The van der Waals surface area contributed by atoms with Crippen molar-refractivity contribution >= 4 is 0 Å². The van der Waals surface area contributed by atoms with Gasteiger partial charge in [-0.25, -0.2) is 4.39 Å². The quantitative estimate of drug-likeness (QED) is 0.863. The van der Waals surface area contributed by atoms with Crippen LogP contribution >= 0.6 is 0 Å². The van der Waals surface area contributed by atoms with Crippen LogP contribution in [-0.2, 0) is 13.1 Å². The summed E-state index contributed by atoms with van der Waals surface area (Å²) in [6.07, 6.45) is 0. The van der Waals surface area contributed by atoms with Crippen LogP contribution in [0.25, 0.3) is 0 Å². The van der Waals surface area contributed by atoms with E-state index in [2.05, 4.69) is 15.9 Å². The van der Waals surface area contributed by atoms with Gasteiger partial charge in [-0.3, -0.25) is 9.80 Å². The maximum absolute atomic E-state index is 13.3. The molecule has 2 aliphatic heterocycles. The van der Waals surface area contributed by atoms with Crippen LogP contribution in [0.2, 0.25) is 0 Å². The lowest BCUT2D eigenvalue weighted by Gasteiger charge is -2.20. The number of hydrogen-bond acceptors (Lipinski definition) is 3. The van der Waals surface area contributed by atoms with Crippen molar-refractivity contribution in [3.05, 3.63) is 59.3 Å². The van der Waals surface area contributed by atoms with Gasteiger partial charge in [0, 0.05) is 32.7 Å². The first-order valence-corrected chi connectivity index (χ1v) is 8.40. The number of aryl methyl sites for hydroxylation is 1. The summed E-state index contributed by atoms with van der Waals surface area (Å²) in [7, 11) is 0. The van der Waals surface area contributed by atoms with Gasteiger partial charge in [0.15, 0.2) is 0 Å². The summed E-state index contributed by atoms with van der Waals surface area (Å²) in [5, 5.41) is 0. The van der Waals surface area contributed by atoms with Gasteiger partial charge in [0.05, 0.1) is 6.54 Å². The van der Waals surface area contributed by atoms with Crippen molar-refractivity contribution in [1.29, 1.82) is 0 Å². The fourth-order valence-electron chi connectivity index (χ4n) is 4.13. The third-order valence-electron chi connectivity index (χ3n) is 5.11. The molecule has 3 heterocycles. The van der Waals surface area contributed by atoms with Crippen molar-refractivity contribution in [2.75, 3.05) is 26.2 Å². The Balaban J connectivity index is 1.31. The maximum Gasteiger partial charge on any atom is 0.123 e. The second kappa shape index (κ2) is 6.10. The monoisotopic (exact) mass is 314 g/mol.